The Labute approximate surface area is 125 Å². The predicted molar refractivity (Wildman–Crippen MR) is 84.0 cm³/mol. The first kappa shape index (κ1) is 13.5. The van der Waals surface area contributed by atoms with Crippen LogP contribution >= 0.6 is 33.9 Å². The SMILES string of the molecule is CCc1ccsc1CNC(=O)c1cccc(I)c1. The molecule has 18 heavy (non-hydrogen) atoms. The Hall–Kier alpha value is -0.880. The van der Waals surface area contributed by atoms with Gasteiger partial charge in [0.05, 0.1) is 6.54 Å². The molecule has 0 aliphatic carbocycles. The monoisotopic (exact) mass is 371 g/mol. The molecule has 0 saturated carbocycles. The number of carbonyl (C=O) groups excluding carboxylic acids is 1. The molecule has 94 valence electrons. The Balaban J connectivity index is 2.00. The first-order valence-corrected chi connectivity index (χ1v) is 7.75. The minimum atomic E-state index is -0.0102. The third kappa shape index (κ3) is 3.32. The average Bonchev–Trinajstić information content (AvgIpc) is 2.83. The predicted octanol–water partition coefficient (Wildman–Crippen LogP) is 3.85. The van der Waals surface area contributed by atoms with Crippen molar-refractivity contribution in [3.63, 3.8) is 0 Å². The highest BCUT2D eigenvalue weighted by Crippen LogP contribution is 2.17. The van der Waals surface area contributed by atoms with Gasteiger partial charge in [0.15, 0.2) is 0 Å². The molecule has 0 unspecified atom stereocenters. The Bertz CT molecular complexity index is 550. The standard InChI is InChI=1S/C14H14INOS/c1-2-10-6-7-18-13(10)9-16-14(17)11-4-3-5-12(15)8-11/h3-8H,2,9H2,1H3,(H,16,17). The minimum Gasteiger partial charge on any atom is -0.347 e. The molecule has 0 bridgehead atoms. The smallest absolute Gasteiger partial charge is 0.251 e. The number of carbonyl (C=O) groups is 1. The molecule has 0 aliphatic heterocycles. The molecule has 0 aliphatic rings. The van der Waals surface area contributed by atoms with Crippen LogP contribution in [-0.4, -0.2) is 5.91 Å². The van der Waals surface area contributed by atoms with Gasteiger partial charge in [-0.2, -0.15) is 0 Å². The summed E-state index contributed by atoms with van der Waals surface area (Å²) in [5.41, 5.74) is 2.04. The molecule has 4 heteroatoms. The van der Waals surface area contributed by atoms with Gasteiger partial charge in [-0.15, -0.1) is 11.3 Å². The number of amides is 1. The van der Waals surface area contributed by atoms with Crippen molar-refractivity contribution in [3.8, 4) is 0 Å². The van der Waals surface area contributed by atoms with E-state index in [-0.39, 0.29) is 5.91 Å². The number of halogens is 1. The van der Waals surface area contributed by atoms with Crippen molar-refractivity contribution in [1.29, 1.82) is 0 Å². The van der Waals surface area contributed by atoms with Gasteiger partial charge in [-0.25, -0.2) is 0 Å². The number of hydrogen-bond acceptors (Lipinski definition) is 2. The lowest BCUT2D eigenvalue weighted by atomic mass is 10.2. The van der Waals surface area contributed by atoms with Crippen molar-refractivity contribution in [2.45, 2.75) is 19.9 Å². The zero-order valence-electron chi connectivity index (χ0n) is 10.1. The van der Waals surface area contributed by atoms with E-state index in [1.165, 1.54) is 10.4 Å². The van der Waals surface area contributed by atoms with Gasteiger partial charge in [-0.3, -0.25) is 4.79 Å². The van der Waals surface area contributed by atoms with E-state index in [9.17, 15) is 4.79 Å². The lowest BCUT2D eigenvalue weighted by Crippen LogP contribution is -2.22. The lowest BCUT2D eigenvalue weighted by Gasteiger charge is -2.05. The Kier molecular flexibility index (Phi) is 4.77. The van der Waals surface area contributed by atoms with Crippen LogP contribution in [0.25, 0.3) is 0 Å². The van der Waals surface area contributed by atoms with E-state index < -0.39 is 0 Å². The summed E-state index contributed by atoms with van der Waals surface area (Å²) in [7, 11) is 0. The van der Waals surface area contributed by atoms with Crippen molar-refractivity contribution in [2.75, 3.05) is 0 Å². The summed E-state index contributed by atoms with van der Waals surface area (Å²) in [4.78, 5) is 13.2. The molecule has 2 rings (SSSR count). The van der Waals surface area contributed by atoms with Gasteiger partial charge in [0.25, 0.3) is 5.91 Å². The van der Waals surface area contributed by atoms with Gasteiger partial charge < -0.3 is 5.32 Å². The Morgan fingerprint density at radius 1 is 1.39 bits per heavy atom. The Morgan fingerprint density at radius 2 is 2.22 bits per heavy atom. The van der Waals surface area contributed by atoms with Crippen LogP contribution in [0.2, 0.25) is 0 Å². The summed E-state index contributed by atoms with van der Waals surface area (Å²) in [5, 5.41) is 5.05. The van der Waals surface area contributed by atoms with Crippen LogP contribution in [0.15, 0.2) is 35.7 Å². The van der Waals surface area contributed by atoms with Gasteiger partial charge in [0.2, 0.25) is 0 Å². The summed E-state index contributed by atoms with van der Waals surface area (Å²) < 4.78 is 1.07. The first-order chi connectivity index (χ1) is 8.70. The van der Waals surface area contributed by atoms with Crippen molar-refractivity contribution in [2.24, 2.45) is 0 Å². The third-order valence-corrected chi connectivity index (χ3v) is 4.35. The number of aryl methyl sites for hydroxylation is 1. The number of rotatable bonds is 4. The molecule has 0 fully saturated rings. The van der Waals surface area contributed by atoms with E-state index in [4.69, 9.17) is 0 Å². The highest BCUT2D eigenvalue weighted by atomic mass is 127. The van der Waals surface area contributed by atoms with Gasteiger partial charge in [-0.05, 0) is 64.2 Å². The van der Waals surface area contributed by atoms with Crippen molar-refractivity contribution >= 4 is 39.8 Å². The molecule has 0 spiro atoms. The van der Waals surface area contributed by atoms with E-state index in [0.717, 1.165) is 15.6 Å². The molecular weight excluding hydrogens is 357 g/mol. The fourth-order valence-corrected chi connectivity index (χ4v) is 3.19. The molecule has 1 amide bonds. The maximum atomic E-state index is 12.0. The van der Waals surface area contributed by atoms with Crippen LogP contribution in [0, 0.1) is 3.57 Å². The second-order valence-corrected chi connectivity index (χ2v) is 6.16. The molecule has 2 aromatic rings. The molecule has 1 N–H and O–H groups in total. The molecule has 0 saturated heterocycles. The number of thiophene rings is 1. The minimum absolute atomic E-state index is 0.0102. The van der Waals surface area contributed by atoms with Crippen LogP contribution in [-0.2, 0) is 13.0 Å². The maximum Gasteiger partial charge on any atom is 0.251 e. The number of benzene rings is 1. The molecule has 2 nitrogen and oxygen atoms in total. The maximum absolute atomic E-state index is 12.0. The Morgan fingerprint density at radius 3 is 2.94 bits per heavy atom. The fraction of sp³-hybridized carbons (Fsp3) is 0.214. The lowest BCUT2D eigenvalue weighted by molar-refractivity contribution is 0.0951. The number of hydrogen-bond donors (Lipinski definition) is 1. The molecular formula is C14H14INOS. The summed E-state index contributed by atoms with van der Waals surface area (Å²) in [6, 6.07) is 9.74. The third-order valence-electron chi connectivity index (χ3n) is 2.71. The van der Waals surface area contributed by atoms with E-state index in [1.54, 1.807) is 11.3 Å². The van der Waals surface area contributed by atoms with Crippen LogP contribution in [0.3, 0.4) is 0 Å². The second kappa shape index (κ2) is 6.33. The molecule has 1 aromatic heterocycles. The highest BCUT2D eigenvalue weighted by molar-refractivity contribution is 14.1. The zero-order valence-corrected chi connectivity index (χ0v) is 13.0. The zero-order chi connectivity index (χ0) is 13.0. The topological polar surface area (TPSA) is 29.1 Å². The first-order valence-electron chi connectivity index (χ1n) is 5.79. The van der Waals surface area contributed by atoms with Crippen LogP contribution < -0.4 is 5.32 Å². The fourth-order valence-electron chi connectivity index (χ4n) is 1.73. The highest BCUT2D eigenvalue weighted by Gasteiger charge is 2.07. The van der Waals surface area contributed by atoms with E-state index in [2.05, 4.69) is 46.3 Å². The van der Waals surface area contributed by atoms with E-state index in [0.29, 0.717) is 6.54 Å². The van der Waals surface area contributed by atoms with Crippen molar-refractivity contribution < 1.29 is 4.79 Å². The largest absolute Gasteiger partial charge is 0.347 e. The summed E-state index contributed by atoms with van der Waals surface area (Å²) >= 11 is 3.91. The van der Waals surface area contributed by atoms with E-state index >= 15 is 0 Å². The van der Waals surface area contributed by atoms with Gasteiger partial charge >= 0.3 is 0 Å². The average molecular weight is 371 g/mol. The molecule has 0 atom stereocenters. The summed E-state index contributed by atoms with van der Waals surface area (Å²) in [6.45, 7) is 2.75. The van der Waals surface area contributed by atoms with Crippen LogP contribution in [0.5, 0.6) is 0 Å². The van der Waals surface area contributed by atoms with Gasteiger partial charge in [0.1, 0.15) is 0 Å². The van der Waals surface area contributed by atoms with Crippen LogP contribution in [0.1, 0.15) is 27.7 Å². The molecule has 0 radical (unpaired) electrons. The number of nitrogens with one attached hydrogen (secondary N) is 1. The van der Waals surface area contributed by atoms with E-state index in [1.807, 2.05) is 24.3 Å². The van der Waals surface area contributed by atoms with Gasteiger partial charge in [-0.1, -0.05) is 13.0 Å². The summed E-state index contributed by atoms with van der Waals surface area (Å²) in [6.07, 6.45) is 1.01. The summed E-state index contributed by atoms with van der Waals surface area (Å²) in [5.74, 6) is -0.0102. The van der Waals surface area contributed by atoms with Crippen LogP contribution in [0.4, 0.5) is 0 Å². The molecule has 1 aromatic carbocycles. The normalized spacial score (nSPS) is 10.3. The second-order valence-electron chi connectivity index (χ2n) is 3.92. The van der Waals surface area contributed by atoms with Gasteiger partial charge in [0, 0.05) is 14.0 Å². The van der Waals surface area contributed by atoms with Crippen molar-refractivity contribution in [1.82, 2.24) is 5.32 Å². The molecule has 1 heterocycles. The quantitative estimate of drug-likeness (QED) is 0.813. The van der Waals surface area contributed by atoms with Crippen molar-refractivity contribution in [3.05, 3.63) is 55.3 Å².